The second-order valence-electron chi connectivity index (χ2n) is 19.2. The van der Waals surface area contributed by atoms with Gasteiger partial charge in [0, 0.05) is 43.8 Å². The summed E-state index contributed by atoms with van der Waals surface area (Å²) in [5, 5.41) is 7.03. The lowest BCUT2D eigenvalue weighted by Crippen LogP contribution is -2.14. The van der Waals surface area contributed by atoms with E-state index in [-0.39, 0.29) is 5.41 Å². The first-order chi connectivity index (χ1) is 34.5. The van der Waals surface area contributed by atoms with Crippen LogP contribution < -0.4 is 4.90 Å². The molecule has 0 saturated heterocycles. The van der Waals surface area contributed by atoms with E-state index in [1.54, 1.807) is 0 Å². The maximum atomic E-state index is 7.13. The van der Waals surface area contributed by atoms with Crippen LogP contribution in [0.4, 0.5) is 17.1 Å². The van der Waals surface area contributed by atoms with Crippen molar-refractivity contribution >= 4 is 71.6 Å². The molecule has 3 heteroatoms. The number of para-hydroxylation sites is 5. The molecule has 330 valence electrons. The highest BCUT2D eigenvalue weighted by Crippen LogP contribution is 2.52. The Balaban J connectivity index is 1.03. The summed E-state index contributed by atoms with van der Waals surface area (Å²) in [5.74, 6) is 0. The summed E-state index contributed by atoms with van der Waals surface area (Å²) in [6, 6.07) is 88.7. The monoisotopic (exact) mass is 894 g/mol. The van der Waals surface area contributed by atoms with Gasteiger partial charge in [0.2, 0.25) is 0 Å². The maximum Gasteiger partial charge on any atom is 0.145 e. The molecular formula is C67H46N2O. The van der Waals surface area contributed by atoms with Crippen LogP contribution in [0.5, 0.6) is 0 Å². The Labute approximate surface area is 406 Å². The summed E-state index contributed by atoms with van der Waals surface area (Å²) in [4.78, 5) is 2.46. The van der Waals surface area contributed by atoms with Crippen LogP contribution in [0.15, 0.2) is 247 Å². The van der Waals surface area contributed by atoms with E-state index < -0.39 is 0 Å². The quantitative estimate of drug-likeness (QED) is 0.159. The largest absolute Gasteiger partial charge is 0.455 e. The normalized spacial score (nSPS) is 12.8. The average molecular weight is 895 g/mol. The fourth-order valence-corrected chi connectivity index (χ4v) is 11.7. The van der Waals surface area contributed by atoms with Crippen LogP contribution in [0, 0.1) is 0 Å². The molecule has 14 rings (SSSR count). The third-order valence-corrected chi connectivity index (χ3v) is 15.0. The van der Waals surface area contributed by atoms with E-state index >= 15 is 0 Å². The second-order valence-corrected chi connectivity index (χ2v) is 19.2. The number of nitrogens with zero attached hydrogens (tertiary/aromatic N) is 2. The van der Waals surface area contributed by atoms with E-state index in [9.17, 15) is 0 Å². The van der Waals surface area contributed by atoms with Crippen LogP contribution in [0.2, 0.25) is 0 Å². The number of hydrogen-bond acceptors (Lipinski definition) is 2. The molecule has 11 aromatic carbocycles. The van der Waals surface area contributed by atoms with E-state index in [1.807, 2.05) is 0 Å². The standard InChI is InChI=1S/C67H46N2O/c1-67(2)57-25-11-5-20-50(57)51-38-35-46(42-58(51)67)44-33-36-48(37-34-44)68(59-26-12-6-19-49(59)47-32-31-43-17-3-4-18-45(43)41-47)63-40-39-55-54-23-10-16-30-64(54)70-66(55)65(63)56-24-9-15-29-62(56)69-60-27-13-7-21-52(60)53-22-8-14-28-61(53)69/h3-42H,1-2H3. The van der Waals surface area contributed by atoms with Gasteiger partial charge >= 0.3 is 0 Å². The number of hydrogen-bond donors (Lipinski definition) is 0. The first-order valence-corrected chi connectivity index (χ1v) is 24.2. The second kappa shape index (κ2) is 15.6. The molecule has 1 aliphatic carbocycles. The predicted octanol–water partition coefficient (Wildman–Crippen LogP) is 18.6. The molecule has 0 amide bonds. The van der Waals surface area contributed by atoms with Crippen molar-refractivity contribution in [3.8, 4) is 50.2 Å². The highest BCUT2D eigenvalue weighted by Gasteiger charge is 2.35. The van der Waals surface area contributed by atoms with Crippen molar-refractivity contribution in [3.63, 3.8) is 0 Å². The van der Waals surface area contributed by atoms with Gasteiger partial charge < -0.3 is 13.9 Å². The minimum absolute atomic E-state index is 0.0909. The van der Waals surface area contributed by atoms with Crippen molar-refractivity contribution in [2.45, 2.75) is 19.3 Å². The molecule has 3 nitrogen and oxygen atoms in total. The third-order valence-electron chi connectivity index (χ3n) is 15.0. The summed E-state index contributed by atoms with van der Waals surface area (Å²) in [7, 11) is 0. The SMILES string of the molecule is CC1(C)c2ccccc2-c2ccc(-c3ccc(N(c4ccccc4-c4ccc5ccccc5c4)c4ccc5c(oc6ccccc65)c4-c4ccccc4-n4c5ccccc5c5ccccc54)cc3)cc21. The Morgan fingerprint density at radius 1 is 0.386 bits per heavy atom. The first-order valence-electron chi connectivity index (χ1n) is 24.2. The fourth-order valence-electron chi connectivity index (χ4n) is 11.7. The summed E-state index contributed by atoms with van der Waals surface area (Å²) in [5.41, 5.74) is 20.3. The average Bonchev–Trinajstić information content (AvgIpc) is 4.04. The van der Waals surface area contributed by atoms with Crippen molar-refractivity contribution in [1.82, 2.24) is 4.57 Å². The maximum absolute atomic E-state index is 7.13. The Hall–Kier alpha value is -8.92. The Bertz CT molecular complexity index is 4170. The molecule has 0 unspecified atom stereocenters. The molecule has 1 aliphatic rings. The molecule has 0 N–H and O–H groups in total. The van der Waals surface area contributed by atoms with Gasteiger partial charge in [-0.05, 0) is 116 Å². The lowest BCUT2D eigenvalue weighted by Gasteiger charge is -2.30. The highest BCUT2D eigenvalue weighted by molar-refractivity contribution is 6.15. The fraction of sp³-hybridized carbons (Fsp3) is 0.0448. The van der Waals surface area contributed by atoms with Crippen molar-refractivity contribution in [2.24, 2.45) is 0 Å². The van der Waals surface area contributed by atoms with Gasteiger partial charge in [-0.25, -0.2) is 0 Å². The Morgan fingerprint density at radius 3 is 1.79 bits per heavy atom. The smallest absolute Gasteiger partial charge is 0.145 e. The number of furan rings is 1. The van der Waals surface area contributed by atoms with Crippen LogP contribution >= 0.6 is 0 Å². The van der Waals surface area contributed by atoms with E-state index in [0.29, 0.717) is 0 Å². The van der Waals surface area contributed by atoms with Crippen LogP contribution in [0.1, 0.15) is 25.0 Å². The zero-order chi connectivity index (χ0) is 46.5. The zero-order valence-corrected chi connectivity index (χ0v) is 38.9. The van der Waals surface area contributed by atoms with Gasteiger partial charge in [0.1, 0.15) is 11.2 Å². The van der Waals surface area contributed by atoms with Gasteiger partial charge in [-0.15, -0.1) is 0 Å². The van der Waals surface area contributed by atoms with Crippen LogP contribution in [0.3, 0.4) is 0 Å². The van der Waals surface area contributed by atoms with Crippen molar-refractivity contribution in [2.75, 3.05) is 4.90 Å². The van der Waals surface area contributed by atoms with Crippen molar-refractivity contribution < 1.29 is 4.42 Å². The van der Waals surface area contributed by atoms with Gasteiger partial charge in [-0.1, -0.05) is 190 Å². The molecule has 2 heterocycles. The number of aromatic nitrogens is 1. The Morgan fingerprint density at radius 2 is 0.986 bits per heavy atom. The van der Waals surface area contributed by atoms with Crippen LogP contribution in [-0.2, 0) is 5.41 Å². The van der Waals surface area contributed by atoms with Gasteiger partial charge in [-0.3, -0.25) is 0 Å². The van der Waals surface area contributed by atoms with E-state index in [4.69, 9.17) is 4.42 Å². The Kier molecular flexibility index (Phi) is 8.93. The molecule has 0 bridgehead atoms. The molecule has 13 aromatic rings. The van der Waals surface area contributed by atoms with Gasteiger partial charge in [-0.2, -0.15) is 0 Å². The third kappa shape index (κ3) is 6.08. The molecule has 0 aliphatic heterocycles. The van der Waals surface area contributed by atoms with E-state index in [0.717, 1.165) is 78.0 Å². The zero-order valence-electron chi connectivity index (χ0n) is 38.9. The number of fused-ring (bicyclic) bond motifs is 10. The van der Waals surface area contributed by atoms with Crippen molar-refractivity contribution in [3.05, 3.63) is 254 Å². The molecule has 70 heavy (non-hydrogen) atoms. The van der Waals surface area contributed by atoms with Gasteiger partial charge in [0.05, 0.1) is 33.7 Å². The molecule has 0 atom stereocenters. The van der Waals surface area contributed by atoms with Crippen molar-refractivity contribution in [1.29, 1.82) is 0 Å². The van der Waals surface area contributed by atoms with E-state index in [2.05, 4.69) is 266 Å². The minimum Gasteiger partial charge on any atom is -0.455 e. The highest BCUT2D eigenvalue weighted by atomic mass is 16.3. The number of benzene rings is 11. The molecule has 0 spiro atoms. The van der Waals surface area contributed by atoms with Crippen LogP contribution in [0.25, 0.3) is 105 Å². The molecule has 0 saturated carbocycles. The lowest BCUT2D eigenvalue weighted by atomic mass is 9.81. The molecule has 2 aromatic heterocycles. The summed E-state index contributed by atoms with van der Waals surface area (Å²) >= 11 is 0. The summed E-state index contributed by atoms with van der Waals surface area (Å²) in [6.45, 7) is 4.70. The molecule has 0 radical (unpaired) electrons. The number of anilines is 3. The minimum atomic E-state index is -0.0909. The predicted molar refractivity (Wildman–Crippen MR) is 294 cm³/mol. The van der Waals surface area contributed by atoms with Crippen LogP contribution in [-0.4, -0.2) is 4.57 Å². The van der Waals surface area contributed by atoms with Gasteiger partial charge in [0.15, 0.2) is 0 Å². The van der Waals surface area contributed by atoms with Gasteiger partial charge in [0.25, 0.3) is 0 Å². The first kappa shape index (κ1) is 40.2. The molecule has 0 fully saturated rings. The van der Waals surface area contributed by atoms with E-state index in [1.165, 1.54) is 54.9 Å². The summed E-state index contributed by atoms with van der Waals surface area (Å²) in [6.07, 6.45) is 0. The topological polar surface area (TPSA) is 21.3 Å². The lowest BCUT2D eigenvalue weighted by molar-refractivity contribution is 0.660. The number of rotatable bonds is 7. The summed E-state index contributed by atoms with van der Waals surface area (Å²) < 4.78 is 9.56. The molecular weight excluding hydrogens is 849 g/mol.